The quantitative estimate of drug-likeness (QED) is 0.274. The molecule has 0 radical (unpaired) electrons. The molecule has 4 rings (SSSR count). The molecule has 2 amide bonds. The van der Waals surface area contributed by atoms with E-state index >= 15 is 0 Å². The van der Waals surface area contributed by atoms with Crippen molar-refractivity contribution >= 4 is 52.5 Å². The number of thioether (sulfide) groups is 1. The lowest BCUT2D eigenvalue weighted by molar-refractivity contribution is -0.113. The van der Waals surface area contributed by atoms with Gasteiger partial charge in [-0.05, 0) is 61.4 Å². The Bertz CT molecular complexity index is 1410. The maximum Gasteiger partial charge on any atom is 0.251 e. The zero-order valence-electron chi connectivity index (χ0n) is 19.6. The van der Waals surface area contributed by atoms with Crippen LogP contribution < -0.4 is 10.6 Å². The Morgan fingerprint density at radius 3 is 2.47 bits per heavy atom. The molecule has 184 valence electrons. The monoisotopic (exact) mass is 539 g/mol. The highest BCUT2D eigenvalue weighted by Gasteiger charge is 2.18. The van der Waals surface area contributed by atoms with Crippen LogP contribution in [0.2, 0.25) is 10.0 Å². The van der Waals surface area contributed by atoms with Gasteiger partial charge in [0.2, 0.25) is 5.91 Å². The minimum atomic E-state index is -0.235. The lowest BCUT2D eigenvalue weighted by Gasteiger charge is -2.12. The van der Waals surface area contributed by atoms with Crippen molar-refractivity contribution < 1.29 is 9.59 Å². The number of benzene rings is 3. The number of nitrogens with one attached hydrogen (secondary N) is 2. The van der Waals surface area contributed by atoms with Crippen LogP contribution in [-0.4, -0.2) is 32.3 Å². The average Bonchev–Trinajstić information content (AvgIpc) is 3.28. The molecule has 0 aliphatic carbocycles. The molecule has 0 unspecified atom stereocenters. The predicted molar refractivity (Wildman–Crippen MR) is 144 cm³/mol. The molecule has 0 aliphatic rings. The Morgan fingerprint density at radius 1 is 0.944 bits per heavy atom. The number of carbonyl (C=O) groups is 2. The van der Waals surface area contributed by atoms with Gasteiger partial charge in [0.15, 0.2) is 11.0 Å². The van der Waals surface area contributed by atoms with E-state index < -0.39 is 0 Å². The summed E-state index contributed by atoms with van der Waals surface area (Å²) in [5.74, 6) is 0.191. The van der Waals surface area contributed by atoms with Crippen molar-refractivity contribution in [1.29, 1.82) is 0 Å². The standard InChI is InChI=1S/C26H23Cl2N5O2S/c1-16-8-9-17(2)22(12-16)30-24(34)15-36-26-32-31-23(14-29-25(35)18-6-4-3-5-7-18)33(26)19-10-11-20(27)21(28)13-19/h3-13H,14-15H2,1-2H3,(H,29,35)(H,30,34). The third-order valence-electron chi connectivity index (χ3n) is 5.30. The molecule has 4 aromatic rings. The fourth-order valence-corrected chi connectivity index (χ4v) is 4.49. The summed E-state index contributed by atoms with van der Waals surface area (Å²) >= 11 is 13.6. The second kappa shape index (κ2) is 11.6. The Morgan fingerprint density at radius 2 is 1.72 bits per heavy atom. The summed E-state index contributed by atoms with van der Waals surface area (Å²) in [4.78, 5) is 25.2. The lowest BCUT2D eigenvalue weighted by Crippen LogP contribution is -2.24. The summed E-state index contributed by atoms with van der Waals surface area (Å²) in [7, 11) is 0. The van der Waals surface area contributed by atoms with Crippen molar-refractivity contribution in [1.82, 2.24) is 20.1 Å². The molecule has 0 bridgehead atoms. The molecule has 0 saturated heterocycles. The van der Waals surface area contributed by atoms with Gasteiger partial charge in [-0.1, -0.05) is 65.3 Å². The summed E-state index contributed by atoms with van der Waals surface area (Å²) in [6.07, 6.45) is 0. The summed E-state index contributed by atoms with van der Waals surface area (Å²) in [5, 5.41) is 15.6. The maximum absolute atomic E-state index is 12.7. The maximum atomic E-state index is 12.7. The van der Waals surface area contributed by atoms with Gasteiger partial charge in [0.05, 0.1) is 28.0 Å². The first-order chi connectivity index (χ1) is 17.3. The van der Waals surface area contributed by atoms with E-state index in [1.165, 1.54) is 11.8 Å². The van der Waals surface area contributed by atoms with Gasteiger partial charge in [-0.2, -0.15) is 0 Å². The largest absolute Gasteiger partial charge is 0.345 e. The molecule has 0 saturated carbocycles. The molecule has 0 aliphatic heterocycles. The van der Waals surface area contributed by atoms with Crippen molar-refractivity contribution in [3.8, 4) is 5.69 Å². The number of amides is 2. The minimum absolute atomic E-state index is 0.114. The summed E-state index contributed by atoms with van der Waals surface area (Å²) in [5.41, 5.74) is 4.02. The lowest BCUT2D eigenvalue weighted by atomic mass is 10.1. The van der Waals surface area contributed by atoms with E-state index in [1.54, 1.807) is 47.0 Å². The number of rotatable bonds is 8. The summed E-state index contributed by atoms with van der Waals surface area (Å²) in [6, 6.07) is 19.9. The molecule has 10 heteroatoms. The first-order valence-corrected chi connectivity index (χ1v) is 12.8. The topological polar surface area (TPSA) is 88.9 Å². The molecule has 7 nitrogen and oxygen atoms in total. The van der Waals surface area contributed by atoms with E-state index in [0.29, 0.717) is 32.3 Å². The number of nitrogens with zero attached hydrogens (tertiary/aromatic N) is 3. The van der Waals surface area contributed by atoms with Crippen LogP contribution in [0.3, 0.4) is 0 Å². The van der Waals surface area contributed by atoms with Crippen molar-refractivity contribution in [2.75, 3.05) is 11.1 Å². The zero-order chi connectivity index (χ0) is 25.7. The summed E-state index contributed by atoms with van der Waals surface area (Å²) in [6.45, 7) is 4.04. The molecule has 0 atom stereocenters. The first kappa shape index (κ1) is 25.8. The number of halogens is 2. The van der Waals surface area contributed by atoms with Crippen LogP contribution >= 0.6 is 35.0 Å². The fourth-order valence-electron chi connectivity index (χ4n) is 3.43. The molecule has 3 aromatic carbocycles. The highest BCUT2D eigenvalue weighted by molar-refractivity contribution is 7.99. The molecular formula is C26H23Cl2N5O2S. The Balaban J connectivity index is 1.54. The van der Waals surface area contributed by atoms with Crippen LogP contribution in [0.25, 0.3) is 5.69 Å². The van der Waals surface area contributed by atoms with Crippen molar-refractivity contribution in [3.63, 3.8) is 0 Å². The normalized spacial score (nSPS) is 10.8. The number of carbonyl (C=O) groups excluding carboxylic acids is 2. The molecule has 2 N–H and O–H groups in total. The molecule has 1 aromatic heterocycles. The number of hydrogen-bond donors (Lipinski definition) is 2. The van der Waals surface area contributed by atoms with Gasteiger partial charge >= 0.3 is 0 Å². The average molecular weight is 540 g/mol. The van der Waals surface area contributed by atoms with E-state index in [0.717, 1.165) is 16.8 Å². The highest BCUT2D eigenvalue weighted by atomic mass is 35.5. The van der Waals surface area contributed by atoms with Gasteiger partial charge in [0.1, 0.15) is 0 Å². The fraction of sp³-hybridized carbons (Fsp3) is 0.154. The molecule has 0 spiro atoms. The summed E-state index contributed by atoms with van der Waals surface area (Å²) < 4.78 is 1.75. The second-order valence-electron chi connectivity index (χ2n) is 8.04. The van der Waals surface area contributed by atoms with E-state index in [-0.39, 0.29) is 24.1 Å². The van der Waals surface area contributed by atoms with Gasteiger partial charge in [-0.3, -0.25) is 14.2 Å². The van der Waals surface area contributed by atoms with E-state index in [4.69, 9.17) is 23.2 Å². The third-order valence-corrected chi connectivity index (χ3v) is 6.97. The van der Waals surface area contributed by atoms with Crippen molar-refractivity contribution in [3.05, 3.63) is 99.3 Å². The number of aromatic nitrogens is 3. The van der Waals surface area contributed by atoms with Gasteiger partial charge in [0.25, 0.3) is 5.91 Å². The molecule has 0 fully saturated rings. The van der Waals surface area contributed by atoms with Crippen LogP contribution in [0.15, 0.2) is 71.9 Å². The van der Waals surface area contributed by atoms with Gasteiger partial charge < -0.3 is 10.6 Å². The van der Waals surface area contributed by atoms with E-state index in [9.17, 15) is 9.59 Å². The molecule has 1 heterocycles. The van der Waals surface area contributed by atoms with Crippen molar-refractivity contribution in [2.24, 2.45) is 0 Å². The van der Waals surface area contributed by atoms with Gasteiger partial charge in [0, 0.05) is 11.3 Å². The predicted octanol–water partition coefficient (Wildman–Crippen LogP) is 5.85. The van der Waals surface area contributed by atoms with Crippen LogP contribution in [0.1, 0.15) is 27.3 Å². The smallest absolute Gasteiger partial charge is 0.251 e. The second-order valence-corrected chi connectivity index (χ2v) is 9.79. The molecule has 36 heavy (non-hydrogen) atoms. The SMILES string of the molecule is Cc1ccc(C)c(NC(=O)CSc2nnc(CNC(=O)c3ccccc3)n2-c2ccc(Cl)c(Cl)c2)c1. The van der Waals surface area contributed by atoms with Crippen LogP contribution in [0.5, 0.6) is 0 Å². The van der Waals surface area contributed by atoms with Crippen LogP contribution in [-0.2, 0) is 11.3 Å². The van der Waals surface area contributed by atoms with Gasteiger partial charge in [-0.15, -0.1) is 10.2 Å². The Kier molecular flexibility index (Phi) is 8.30. The highest BCUT2D eigenvalue weighted by Crippen LogP contribution is 2.28. The number of aryl methyl sites for hydroxylation is 2. The third kappa shape index (κ3) is 6.26. The number of hydrogen-bond acceptors (Lipinski definition) is 5. The van der Waals surface area contributed by atoms with Crippen molar-refractivity contribution in [2.45, 2.75) is 25.5 Å². The zero-order valence-corrected chi connectivity index (χ0v) is 21.9. The number of anilines is 1. The molecular weight excluding hydrogens is 517 g/mol. The van der Waals surface area contributed by atoms with E-state index in [2.05, 4.69) is 20.8 Å². The van der Waals surface area contributed by atoms with Crippen LogP contribution in [0.4, 0.5) is 5.69 Å². The Hall–Kier alpha value is -3.33. The van der Waals surface area contributed by atoms with E-state index in [1.807, 2.05) is 38.1 Å². The van der Waals surface area contributed by atoms with Gasteiger partial charge in [-0.25, -0.2) is 0 Å². The Labute approximate surface area is 223 Å². The van der Waals surface area contributed by atoms with Crippen LogP contribution in [0, 0.1) is 13.8 Å². The minimum Gasteiger partial charge on any atom is -0.345 e. The first-order valence-electron chi connectivity index (χ1n) is 11.0.